The van der Waals surface area contributed by atoms with Gasteiger partial charge in [0.2, 0.25) is 0 Å². The average Bonchev–Trinajstić information content (AvgIpc) is 2.93. The highest BCUT2D eigenvalue weighted by Gasteiger charge is 2.05. The molecule has 0 bridgehead atoms. The van der Waals surface area contributed by atoms with Crippen LogP contribution in [-0.2, 0) is 6.54 Å². The third-order valence-electron chi connectivity index (χ3n) is 2.87. The molecule has 0 aliphatic carbocycles. The van der Waals surface area contributed by atoms with E-state index in [0.29, 0.717) is 12.5 Å². The highest BCUT2D eigenvalue weighted by molar-refractivity contribution is 14.0. The fourth-order valence-corrected chi connectivity index (χ4v) is 3.06. The summed E-state index contributed by atoms with van der Waals surface area (Å²) < 4.78 is 0. The maximum absolute atomic E-state index is 4.62. The largest absolute Gasteiger partial charge is 0.357 e. The molecular weight excluding hydrogens is 427 g/mol. The number of nitrogens with one attached hydrogen (secondary N) is 2. The molecule has 1 heterocycles. The van der Waals surface area contributed by atoms with Gasteiger partial charge in [-0.1, -0.05) is 13.8 Å². The number of thioether (sulfide) groups is 1. The number of aliphatic imine (C=N–C) groups is 1. The molecular formula is C15H29IN4S2. The van der Waals surface area contributed by atoms with Crippen molar-refractivity contribution in [2.75, 3.05) is 25.1 Å². The Morgan fingerprint density at radius 2 is 2.14 bits per heavy atom. The van der Waals surface area contributed by atoms with Crippen molar-refractivity contribution in [1.82, 2.24) is 15.6 Å². The van der Waals surface area contributed by atoms with Gasteiger partial charge in [0, 0.05) is 24.4 Å². The zero-order valence-corrected chi connectivity index (χ0v) is 18.0. The lowest BCUT2D eigenvalue weighted by Crippen LogP contribution is -2.37. The van der Waals surface area contributed by atoms with E-state index in [-0.39, 0.29) is 24.0 Å². The minimum Gasteiger partial charge on any atom is -0.357 e. The van der Waals surface area contributed by atoms with Gasteiger partial charge in [-0.15, -0.1) is 35.3 Å². The molecule has 7 heteroatoms. The van der Waals surface area contributed by atoms with Crippen LogP contribution in [0.15, 0.2) is 10.4 Å². The van der Waals surface area contributed by atoms with Crippen LogP contribution in [0.1, 0.15) is 50.2 Å². The van der Waals surface area contributed by atoms with Crippen LogP contribution in [0.3, 0.4) is 0 Å². The van der Waals surface area contributed by atoms with Crippen LogP contribution in [0.5, 0.6) is 0 Å². The maximum Gasteiger partial charge on any atom is 0.191 e. The summed E-state index contributed by atoms with van der Waals surface area (Å²) in [5, 5.41) is 9.97. The molecule has 1 aromatic rings. The van der Waals surface area contributed by atoms with E-state index in [2.05, 4.69) is 53.0 Å². The lowest BCUT2D eigenvalue weighted by molar-refractivity contribution is 0.733. The van der Waals surface area contributed by atoms with E-state index in [4.69, 9.17) is 0 Å². The molecule has 0 aliphatic rings. The lowest BCUT2D eigenvalue weighted by atomic mass is 10.2. The third-order valence-corrected chi connectivity index (χ3v) is 4.77. The predicted octanol–water partition coefficient (Wildman–Crippen LogP) is 4.08. The van der Waals surface area contributed by atoms with Gasteiger partial charge in [0.15, 0.2) is 5.96 Å². The summed E-state index contributed by atoms with van der Waals surface area (Å²) in [4.78, 5) is 9.22. The quantitative estimate of drug-likeness (QED) is 0.255. The fourth-order valence-electron chi connectivity index (χ4n) is 1.74. The van der Waals surface area contributed by atoms with Crippen molar-refractivity contribution in [1.29, 1.82) is 0 Å². The van der Waals surface area contributed by atoms with E-state index in [1.807, 2.05) is 11.8 Å². The lowest BCUT2D eigenvalue weighted by Gasteiger charge is -2.10. The second kappa shape index (κ2) is 13.4. The van der Waals surface area contributed by atoms with Gasteiger partial charge in [0.25, 0.3) is 0 Å². The van der Waals surface area contributed by atoms with Gasteiger partial charge in [-0.3, -0.25) is 0 Å². The van der Waals surface area contributed by atoms with Gasteiger partial charge < -0.3 is 10.6 Å². The van der Waals surface area contributed by atoms with E-state index in [1.54, 1.807) is 11.3 Å². The van der Waals surface area contributed by atoms with Gasteiger partial charge in [0.1, 0.15) is 0 Å². The standard InChI is InChI=1S/C15H28N4S2.HI/c1-5-16-15(17-8-6-7-9-20-4)18-10-13-11-21-14(19-13)12(2)3;/h11-12H,5-10H2,1-4H3,(H2,16,17,18);1H. The van der Waals surface area contributed by atoms with Gasteiger partial charge in [-0.2, -0.15) is 11.8 Å². The average molecular weight is 456 g/mol. The maximum atomic E-state index is 4.62. The van der Waals surface area contributed by atoms with Gasteiger partial charge in [0.05, 0.1) is 17.2 Å². The van der Waals surface area contributed by atoms with Crippen molar-refractivity contribution >= 4 is 53.0 Å². The smallest absolute Gasteiger partial charge is 0.191 e. The highest BCUT2D eigenvalue weighted by atomic mass is 127. The van der Waals surface area contributed by atoms with Crippen LogP contribution in [0, 0.1) is 0 Å². The van der Waals surface area contributed by atoms with E-state index in [9.17, 15) is 0 Å². The zero-order valence-electron chi connectivity index (χ0n) is 14.0. The minimum atomic E-state index is 0. The number of aromatic nitrogens is 1. The molecule has 0 saturated carbocycles. The molecule has 0 atom stereocenters. The molecule has 0 fully saturated rings. The number of thiazole rings is 1. The molecule has 0 saturated heterocycles. The molecule has 22 heavy (non-hydrogen) atoms. The molecule has 2 N–H and O–H groups in total. The first-order chi connectivity index (χ1) is 10.2. The van der Waals surface area contributed by atoms with Crippen LogP contribution >= 0.6 is 47.1 Å². The van der Waals surface area contributed by atoms with Crippen LogP contribution in [0.4, 0.5) is 0 Å². The molecule has 0 spiro atoms. The number of nitrogens with zero attached hydrogens (tertiary/aromatic N) is 2. The molecule has 4 nitrogen and oxygen atoms in total. The molecule has 1 aromatic heterocycles. The van der Waals surface area contributed by atoms with E-state index < -0.39 is 0 Å². The summed E-state index contributed by atoms with van der Waals surface area (Å²) in [5.74, 6) is 2.61. The van der Waals surface area contributed by atoms with E-state index >= 15 is 0 Å². The van der Waals surface area contributed by atoms with Crippen molar-refractivity contribution in [2.24, 2.45) is 4.99 Å². The number of unbranched alkanes of at least 4 members (excludes halogenated alkanes) is 1. The van der Waals surface area contributed by atoms with Crippen LogP contribution in [-0.4, -0.2) is 36.0 Å². The number of halogens is 1. The second-order valence-electron chi connectivity index (χ2n) is 5.15. The molecule has 0 aliphatic heterocycles. The normalized spacial score (nSPS) is 11.4. The Hall–Kier alpha value is -0.0200. The summed E-state index contributed by atoms with van der Waals surface area (Å²) in [6, 6.07) is 0. The van der Waals surface area contributed by atoms with E-state index in [1.165, 1.54) is 23.6 Å². The van der Waals surface area contributed by atoms with Crippen molar-refractivity contribution < 1.29 is 0 Å². The van der Waals surface area contributed by atoms with Gasteiger partial charge in [-0.05, 0) is 31.8 Å². The predicted molar refractivity (Wildman–Crippen MR) is 112 cm³/mol. The van der Waals surface area contributed by atoms with Gasteiger partial charge >= 0.3 is 0 Å². The fraction of sp³-hybridized carbons (Fsp3) is 0.733. The monoisotopic (exact) mass is 456 g/mol. The Balaban J connectivity index is 0.00000441. The van der Waals surface area contributed by atoms with E-state index in [0.717, 1.165) is 24.7 Å². The summed E-state index contributed by atoms with van der Waals surface area (Å²) in [7, 11) is 0. The molecule has 0 amide bonds. The number of rotatable bonds is 9. The Bertz CT molecular complexity index is 421. The van der Waals surface area contributed by atoms with Crippen molar-refractivity contribution in [3.63, 3.8) is 0 Å². The number of hydrogen-bond donors (Lipinski definition) is 2. The summed E-state index contributed by atoms with van der Waals surface area (Å²) in [6.07, 6.45) is 4.58. The number of guanidine groups is 1. The third kappa shape index (κ3) is 9.19. The Morgan fingerprint density at radius 3 is 2.73 bits per heavy atom. The van der Waals surface area contributed by atoms with Crippen LogP contribution < -0.4 is 10.6 Å². The van der Waals surface area contributed by atoms with Crippen molar-refractivity contribution in [3.05, 3.63) is 16.1 Å². The molecule has 0 radical (unpaired) electrons. The molecule has 0 aromatic carbocycles. The summed E-state index contributed by atoms with van der Waals surface area (Å²) in [6.45, 7) is 8.93. The molecule has 0 unspecified atom stereocenters. The van der Waals surface area contributed by atoms with Crippen LogP contribution in [0.2, 0.25) is 0 Å². The Morgan fingerprint density at radius 1 is 1.36 bits per heavy atom. The number of hydrogen-bond acceptors (Lipinski definition) is 4. The van der Waals surface area contributed by atoms with Gasteiger partial charge in [-0.25, -0.2) is 9.98 Å². The highest BCUT2D eigenvalue weighted by Crippen LogP contribution is 2.19. The zero-order chi connectivity index (χ0) is 15.5. The molecule has 128 valence electrons. The Labute approximate surface area is 160 Å². The SMILES string of the molecule is CCNC(=NCc1csc(C(C)C)n1)NCCCCSC.I. The summed E-state index contributed by atoms with van der Waals surface area (Å²) in [5.41, 5.74) is 1.06. The van der Waals surface area contributed by atoms with Crippen LogP contribution in [0.25, 0.3) is 0 Å². The first-order valence-corrected chi connectivity index (χ1v) is 9.90. The summed E-state index contributed by atoms with van der Waals surface area (Å²) >= 11 is 3.63. The minimum absolute atomic E-state index is 0. The topological polar surface area (TPSA) is 49.3 Å². The van der Waals surface area contributed by atoms with Crippen molar-refractivity contribution in [3.8, 4) is 0 Å². The molecule has 1 rings (SSSR count). The van der Waals surface area contributed by atoms with Crippen molar-refractivity contribution in [2.45, 2.75) is 46.1 Å². The first-order valence-electron chi connectivity index (χ1n) is 7.62. The second-order valence-corrected chi connectivity index (χ2v) is 7.03. The first kappa shape index (κ1) is 22.0. The Kier molecular flexibility index (Phi) is 13.4.